The molecule has 0 atom stereocenters. The monoisotopic (exact) mass is 396 g/mol. The van der Waals surface area contributed by atoms with Crippen molar-refractivity contribution in [2.24, 2.45) is 0 Å². The van der Waals surface area contributed by atoms with Gasteiger partial charge in [0.25, 0.3) is 0 Å². The summed E-state index contributed by atoms with van der Waals surface area (Å²) in [5, 5.41) is 4.57. The van der Waals surface area contributed by atoms with Crippen LogP contribution < -0.4 is 4.74 Å². The normalized spacial score (nSPS) is 10.9. The van der Waals surface area contributed by atoms with Gasteiger partial charge in [-0.3, -0.25) is 4.79 Å². The summed E-state index contributed by atoms with van der Waals surface area (Å²) >= 11 is 0. The molecule has 0 spiro atoms. The van der Waals surface area contributed by atoms with E-state index in [0.717, 1.165) is 28.1 Å². The molecule has 1 heterocycles. The van der Waals surface area contributed by atoms with Crippen molar-refractivity contribution in [2.75, 3.05) is 0 Å². The first-order valence-corrected chi connectivity index (χ1v) is 9.99. The van der Waals surface area contributed by atoms with E-state index in [1.807, 2.05) is 86.6 Å². The highest BCUT2D eigenvalue weighted by Gasteiger charge is 2.26. The smallest absolute Gasteiger partial charge is 0.324 e. The Bertz CT molecular complexity index is 1120. The molecule has 0 N–H and O–H groups in total. The van der Waals surface area contributed by atoms with Crippen molar-refractivity contribution in [2.45, 2.75) is 26.7 Å². The van der Waals surface area contributed by atoms with Gasteiger partial charge in [-0.05, 0) is 43.5 Å². The molecule has 0 aliphatic heterocycles. The molecule has 0 saturated heterocycles. The molecule has 0 aliphatic carbocycles. The van der Waals surface area contributed by atoms with Crippen LogP contribution >= 0.6 is 0 Å². The number of carbonyl (C=O) groups excluding carboxylic acids is 1. The zero-order valence-corrected chi connectivity index (χ0v) is 17.4. The lowest BCUT2D eigenvalue weighted by atomic mass is 9.91. The quantitative estimate of drug-likeness (QED) is 0.416. The van der Waals surface area contributed by atoms with E-state index in [-0.39, 0.29) is 5.97 Å². The van der Waals surface area contributed by atoms with Crippen LogP contribution in [0.25, 0.3) is 5.69 Å². The average molecular weight is 396 g/mol. The predicted molar refractivity (Wildman–Crippen MR) is 118 cm³/mol. The van der Waals surface area contributed by atoms with Gasteiger partial charge in [-0.2, -0.15) is 5.10 Å². The summed E-state index contributed by atoms with van der Waals surface area (Å²) in [4.78, 5) is 13.4. The van der Waals surface area contributed by atoms with Gasteiger partial charge in [0.1, 0.15) is 5.92 Å². The maximum atomic E-state index is 13.4. The fourth-order valence-corrected chi connectivity index (χ4v) is 3.68. The van der Waals surface area contributed by atoms with E-state index < -0.39 is 5.92 Å². The molecular weight excluding hydrogens is 372 g/mol. The Morgan fingerprint density at radius 1 is 0.833 bits per heavy atom. The lowest BCUT2D eigenvalue weighted by Gasteiger charge is -2.17. The number of carbonyl (C=O) groups is 1. The average Bonchev–Trinajstić information content (AvgIpc) is 3.09. The van der Waals surface area contributed by atoms with Crippen molar-refractivity contribution < 1.29 is 9.53 Å². The molecule has 0 fully saturated rings. The summed E-state index contributed by atoms with van der Waals surface area (Å²) in [5.41, 5.74) is 5.71. The van der Waals surface area contributed by atoms with Crippen molar-refractivity contribution in [1.82, 2.24) is 9.78 Å². The number of ether oxygens (including phenoxy) is 1. The maximum absolute atomic E-state index is 13.4. The molecule has 3 aromatic carbocycles. The molecular formula is C26H24N2O2. The highest BCUT2D eigenvalue weighted by Crippen LogP contribution is 2.29. The molecule has 4 rings (SSSR count). The highest BCUT2D eigenvalue weighted by molar-refractivity contribution is 5.84. The summed E-state index contributed by atoms with van der Waals surface area (Å²) < 4.78 is 7.64. The lowest BCUT2D eigenvalue weighted by molar-refractivity contribution is -0.135. The van der Waals surface area contributed by atoms with Crippen molar-refractivity contribution in [3.63, 3.8) is 0 Å². The Balaban J connectivity index is 1.72. The number of esters is 1. The van der Waals surface area contributed by atoms with Gasteiger partial charge in [0.2, 0.25) is 5.88 Å². The molecule has 0 radical (unpaired) electrons. The van der Waals surface area contributed by atoms with Crippen molar-refractivity contribution in [1.29, 1.82) is 0 Å². The van der Waals surface area contributed by atoms with Gasteiger partial charge in [0, 0.05) is 6.07 Å². The molecule has 4 nitrogen and oxygen atoms in total. The summed E-state index contributed by atoms with van der Waals surface area (Å²) in [5.74, 6) is -0.435. The first-order chi connectivity index (χ1) is 14.5. The van der Waals surface area contributed by atoms with E-state index in [0.29, 0.717) is 5.88 Å². The molecule has 30 heavy (non-hydrogen) atoms. The van der Waals surface area contributed by atoms with Crippen molar-refractivity contribution in [3.8, 4) is 11.6 Å². The van der Waals surface area contributed by atoms with Gasteiger partial charge >= 0.3 is 5.97 Å². The molecule has 150 valence electrons. The summed E-state index contributed by atoms with van der Waals surface area (Å²) in [7, 11) is 0. The minimum atomic E-state index is -0.518. The van der Waals surface area contributed by atoms with E-state index in [1.165, 1.54) is 5.56 Å². The standard InChI is InChI=1S/C26H24N2O2/c1-18-14-15-23(19(2)16-18)28-24(17-20(3)27-28)30-26(29)25(21-10-6-4-7-11-21)22-12-8-5-9-13-22/h4-17,25H,1-3H3. The van der Waals surface area contributed by atoms with Gasteiger partial charge < -0.3 is 4.74 Å². The zero-order valence-electron chi connectivity index (χ0n) is 17.4. The second-order valence-corrected chi connectivity index (χ2v) is 7.50. The fraction of sp³-hybridized carbons (Fsp3) is 0.154. The Morgan fingerprint density at radius 2 is 1.43 bits per heavy atom. The third kappa shape index (κ3) is 4.03. The maximum Gasteiger partial charge on any atom is 0.324 e. The minimum absolute atomic E-state index is 0.335. The number of hydrogen-bond acceptors (Lipinski definition) is 3. The Kier molecular flexibility index (Phi) is 5.48. The van der Waals surface area contributed by atoms with E-state index in [2.05, 4.69) is 18.1 Å². The van der Waals surface area contributed by atoms with Crippen LogP contribution in [-0.2, 0) is 4.79 Å². The van der Waals surface area contributed by atoms with E-state index in [1.54, 1.807) is 10.7 Å². The first-order valence-electron chi connectivity index (χ1n) is 9.99. The number of aryl methyl sites for hydroxylation is 3. The van der Waals surface area contributed by atoms with Crippen LogP contribution in [-0.4, -0.2) is 15.7 Å². The third-order valence-electron chi connectivity index (χ3n) is 5.09. The second kappa shape index (κ2) is 8.37. The highest BCUT2D eigenvalue weighted by atomic mass is 16.5. The SMILES string of the molecule is Cc1ccc(-n2nc(C)cc2OC(=O)C(c2ccccc2)c2ccccc2)c(C)c1. The molecule has 1 aromatic heterocycles. The molecule has 0 bridgehead atoms. The van der Waals surface area contributed by atoms with Crippen LogP contribution in [0.5, 0.6) is 5.88 Å². The van der Waals surface area contributed by atoms with Gasteiger partial charge in [-0.1, -0.05) is 78.4 Å². The van der Waals surface area contributed by atoms with Gasteiger partial charge in [0.05, 0.1) is 11.4 Å². The van der Waals surface area contributed by atoms with E-state index in [4.69, 9.17) is 4.74 Å². The zero-order chi connectivity index (χ0) is 21.1. The van der Waals surface area contributed by atoms with E-state index in [9.17, 15) is 4.79 Å². The predicted octanol–water partition coefficient (Wildman–Crippen LogP) is 5.54. The van der Waals surface area contributed by atoms with Crippen molar-refractivity contribution >= 4 is 5.97 Å². The van der Waals surface area contributed by atoms with Crippen LogP contribution in [0.2, 0.25) is 0 Å². The van der Waals surface area contributed by atoms with Gasteiger partial charge in [-0.25, -0.2) is 4.68 Å². The summed E-state index contributed by atoms with van der Waals surface area (Å²) in [6.07, 6.45) is 0. The molecule has 4 heteroatoms. The summed E-state index contributed by atoms with van der Waals surface area (Å²) in [6.45, 7) is 5.97. The number of benzene rings is 3. The van der Waals surface area contributed by atoms with Crippen LogP contribution in [0.4, 0.5) is 0 Å². The number of rotatable bonds is 5. The molecule has 0 saturated carbocycles. The number of hydrogen-bond donors (Lipinski definition) is 0. The van der Waals surface area contributed by atoms with Crippen LogP contribution in [0, 0.1) is 20.8 Å². The van der Waals surface area contributed by atoms with Crippen LogP contribution in [0.15, 0.2) is 84.9 Å². The van der Waals surface area contributed by atoms with Crippen LogP contribution in [0.1, 0.15) is 33.9 Å². The topological polar surface area (TPSA) is 44.1 Å². The van der Waals surface area contributed by atoms with Gasteiger partial charge in [-0.15, -0.1) is 0 Å². The number of nitrogens with zero attached hydrogens (tertiary/aromatic N) is 2. The Labute approximate surface area is 176 Å². The minimum Gasteiger partial charge on any atom is -0.407 e. The number of aromatic nitrogens is 2. The first kappa shape index (κ1) is 19.6. The van der Waals surface area contributed by atoms with Gasteiger partial charge in [0.15, 0.2) is 0 Å². The Hall–Kier alpha value is -3.66. The third-order valence-corrected chi connectivity index (χ3v) is 5.09. The molecule has 4 aromatic rings. The lowest BCUT2D eigenvalue weighted by Crippen LogP contribution is -2.21. The Morgan fingerprint density at radius 3 is 2.00 bits per heavy atom. The van der Waals surface area contributed by atoms with Crippen LogP contribution in [0.3, 0.4) is 0 Å². The molecule has 0 aliphatic rings. The largest absolute Gasteiger partial charge is 0.407 e. The summed E-state index contributed by atoms with van der Waals surface area (Å²) in [6, 6.07) is 27.3. The van der Waals surface area contributed by atoms with E-state index >= 15 is 0 Å². The molecule has 0 amide bonds. The van der Waals surface area contributed by atoms with Crippen molar-refractivity contribution in [3.05, 3.63) is 113 Å². The molecule has 0 unspecified atom stereocenters. The fourth-order valence-electron chi connectivity index (χ4n) is 3.68. The second-order valence-electron chi connectivity index (χ2n) is 7.50.